The Morgan fingerprint density at radius 1 is 0.740 bits per heavy atom. The third-order valence-electron chi connectivity index (χ3n) is 9.30. The third-order valence-corrected chi connectivity index (χ3v) is 9.30. The van der Waals surface area contributed by atoms with E-state index in [2.05, 4.69) is 64.8 Å². The number of hydrogen-bond acceptors (Lipinski definition) is 7. The van der Waals surface area contributed by atoms with Crippen molar-refractivity contribution < 1.29 is 14.4 Å². The highest BCUT2D eigenvalue weighted by Gasteiger charge is 2.27. The van der Waals surface area contributed by atoms with E-state index in [9.17, 15) is 14.4 Å². The van der Waals surface area contributed by atoms with Gasteiger partial charge in [0.05, 0.1) is 40.9 Å². The Morgan fingerprint density at radius 3 is 1.72 bits per heavy atom. The molecule has 0 atom stereocenters. The number of urea groups is 1. The molecule has 5 heterocycles. The summed E-state index contributed by atoms with van der Waals surface area (Å²) in [6.45, 7) is 4.13. The molecule has 2 aromatic carbocycles. The standard InChI is InChI=1S/C21H19N5O2.C18H17N3O/c1-12-3-2-4-14(7-12)18-11-26-15(9-17-20(27)25-21(28)24-17)10-22-19(26)16(23-18)8-13-5-6-13;1-12-3-2-4-14(7-12)17-10-21-15(11-22)9-19-18(21)16(20-17)8-13-5-6-13/h2-4,7,9-11,13H,5-6,8H2,1H3,(H2,24,25,27,28);2-4,7,9-11,13H,5-6,8H2,1H3/b17-9-;. The number of carbonyl (C=O) groups is 3. The highest BCUT2D eigenvalue weighted by molar-refractivity contribution is 6.13. The van der Waals surface area contributed by atoms with E-state index in [1.54, 1.807) is 18.5 Å². The fourth-order valence-electron chi connectivity index (χ4n) is 6.32. The molecule has 11 nitrogen and oxygen atoms in total. The van der Waals surface area contributed by atoms with Crippen molar-refractivity contribution in [3.63, 3.8) is 0 Å². The number of nitrogens with zero attached hydrogens (tertiary/aromatic N) is 6. The Hall–Kier alpha value is -5.97. The number of aryl methyl sites for hydroxylation is 2. The van der Waals surface area contributed by atoms with Gasteiger partial charge < -0.3 is 5.32 Å². The molecule has 2 saturated carbocycles. The van der Waals surface area contributed by atoms with Crippen LogP contribution in [-0.4, -0.2) is 47.0 Å². The van der Waals surface area contributed by atoms with E-state index in [4.69, 9.17) is 9.97 Å². The number of amides is 3. The Kier molecular flexibility index (Phi) is 8.02. The molecule has 1 aliphatic heterocycles. The van der Waals surface area contributed by atoms with E-state index in [1.807, 2.05) is 39.4 Å². The summed E-state index contributed by atoms with van der Waals surface area (Å²) in [5, 5.41) is 4.74. The lowest BCUT2D eigenvalue weighted by Gasteiger charge is -2.09. The van der Waals surface area contributed by atoms with Crippen molar-refractivity contribution in [2.75, 3.05) is 0 Å². The van der Waals surface area contributed by atoms with Gasteiger partial charge in [-0.15, -0.1) is 0 Å². The van der Waals surface area contributed by atoms with E-state index in [1.165, 1.54) is 36.8 Å². The first-order chi connectivity index (χ1) is 24.3. The molecule has 0 unspecified atom stereocenters. The Morgan fingerprint density at radius 2 is 1.26 bits per heavy atom. The molecule has 9 rings (SSSR count). The number of rotatable bonds is 8. The summed E-state index contributed by atoms with van der Waals surface area (Å²) in [6.07, 6.45) is 16.5. The van der Waals surface area contributed by atoms with Crippen LogP contribution in [0.1, 0.15) is 64.4 Å². The molecule has 3 aliphatic rings. The second kappa shape index (κ2) is 12.8. The van der Waals surface area contributed by atoms with Gasteiger partial charge in [0.2, 0.25) is 0 Å². The van der Waals surface area contributed by atoms with Gasteiger partial charge in [0.15, 0.2) is 17.6 Å². The normalized spacial score (nSPS) is 16.4. The Labute approximate surface area is 288 Å². The number of imidazole rings is 2. The summed E-state index contributed by atoms with van der Waals surface area (Å²) >= 11 is 0. The lowest BCUT2D eigenvalue weighted by atomic mass is 10.1. The van der Waals surface area contributed by atoms with Gasteiger partial charge >= 0.3 is 6.03 Å². The highest BCUT2D eigenvalue weighted by atomic mass is 16.2. The molecule has 11 heteroatoms. The molecule has 1 saturated heterocycles. The van der Waals surface area contributed by atoms with Gasteiger partial charge in [-0.2, -0.15) is 0 Å². The van der Waals surface area contributed by atoms with Crippen LogP contribution in [-0.2, 0) is 17.6 Å². The number of nitrogens with one attached hydrogen (secondary N) is 2. The Bertz CT molecular complexity index is 2340. The fourth-order valence-corrected chi connectivity index (χ4v) is 6.32. The van der Waals surface area contributed by atoms with Crippen LogP contribution in [0.3, 0.4) is 0 Å². The van der Waals surface area contributed by atoms with Gasteiger partial charge in [-0.05, 0) is 82.4 Å². The van der Waals surface area contributed by atoms with Gasteiger partial charge in [-0.25, -0.2) is 24.7 Å². The molecule has 2 N–H and O–H groups in total. The minimum absolute atomic E-state index is 0.212. The molecule has 2 aliphatic carbocycles. The van der Waals surface area contributed by atoms with E-state index >= 15 is 0 Å². The van der Waals surface area contributed by atoms with Crippen LogP contribution in [0.2, 0.25) is 0 Å². The molecule has 6 aromatic rings. The number of benzene rings is 2. The van der Waals surface area contributed by atoms with E-state index in [0.717, 1.165) is 75.9 Å². The van der Waals surface area contributed by atoms with Crippen molar-refractivity contribution in [1.82, 2.24) is 39.4 Å². The van der Waals surface area contributed by atoms with Crippen molar-refractivity contribution in [3.8, 4) is 22.5 Å². The first kappa shape index (κ1) is 31.3. The Balaban J connectivity index is 0.000000149. The molecule has 0 radical (unpaired) electrons. The van der Waals surface area contributed by atoms with Crippen LogP contribution in [0.5, 0.6) is 0 Å². The van der Waals surface area contributed by atoms with Crippen molar-refractivity contribution in [2.24, 2.45) is 11.8 Å². The third kappa shape index (κ3) is 6.54. The fraction of sp³-hybridized carbons (Fsp3) is 0.256. The SMILES string of the molecule is Cc1cccc(-c2cn3c(/C=C4\NC(=O)NC4=O)cnc3c(CC3CC3)n2)c1.Cc1cccc(-c2cn3c(C=O)cnc3c(CC3CC3)n2)c1. The monoisotopic (exact) mass is 664 g/mol. The summed E-state index contributed by atoms with van der Waals surface area (Å²) in [5.74, 6) is 0.953. The van der Waals surface area contributed by atoms with Crippen LogP contribution in [0, 0.1) is 25.7 Å². The van der Waals surface area contributed by atoms with Gasteiger partial charge in [0.25, 0.3) is 5.91 Å². The number of imide groups is 1. The molecule has 0 spiro atoms. The average Bonchev–Trinajstić information content (AvgIpc) is 4.00. The van der Waals surface area contributed by atoms with Crippen LogP contribution in [0.15, 0.2) is 79.0 Å². The van der Waals surface area contributed by atoms with E-state index in [0.29, 0.717) is 11.6 Å². The van der Waals surface area contributed by atoms with Crippen molar-refractivity contribution >= 4 is 35.6 Å². The first-order valence-electron chi connectivity index (χ1n) is 17.0. The summed E-state index contributed by atoms with van der Waals surface area (Å²) in [7, 11) is 0. The number of aromatic nitrogens is 6. The van der Waals surface area contributed by atoms with E-state index in [-0.39, 0.29) is 5.70 Å². The number of fused-ring (bicyclic) bond motifs is 2. The maximum atomic E-state index is 11.9. The van der Waals surface area contributed by atoms with Crippen molar-refractivity contribution in [3.05, 3.63) is 113 Å². The number of hydrogen-bond donors (Lipinski definition) is 2. The van der Waals surface area contributed by atoms with Gasteiger partial charge in [-0.1, -0.05) is 47.5 Å². The number of carbonyl (C=O) groups excluding carboxylic acids is 3. The van der Waals surface area contributed by atoms with Crippen LogP contribution >= 0.6 is 0 Å². The molecular weight excluding hydrogens is 628 g/mol. The zero-order chi connectivity index (χ0) is 34.4. The van der Waals surface area contributed by atoms with Crippen LogP contribution < -0.4 is 10.6 Å². The predicted octanol–water partition coefficient (Wildman–Crippen LogP) is 6.31. The summed E-state index contributed by atoms with van der Waals surface area (Å²) in [4.78, 5) is 53.2. The minimum atomic E-state index is -0.512. The van der Waals surface area contributed by atoms with Gasteiger partial charge in [0, 0.05) is 23.5 Å². The zero-order valence-corrected chi connectivity index (χ0v) is 27.9. The summed E-state index contributed by atoms with van der Waals surface area (Å²) in [6, 6.07) is 16.0. The summed E-state index contributed by atoms with van der Waals surface area (Å²) in [5.41, 5.74) is 11.3. The minimum Gasteiger partial charge on any atom is -0.303 e. The molecule has 50 heavy (non-hydrogen) atoms. The van der Waals surface area contributed by atoms with E-state index < -0.39 is 11.9 Å². The molecule has 4 aromatic heterocycles. The van der Waals surface area contributed by atoms with Crippen LogP contribution in [0.4, 0.5) is 4.79 Å². The largest absolute Gasteiger partial charge is 0.326 e. The topological polar surface area (TPSA) is 136 Å². The smallest absolute Gasteiger partial charge is 0.303 e. The first-order valence-corrected chi connectivity index (χ1v) is 17.0. The molecule has 3 amide bonds. The maximum Gasteiger partial charge on any atom is 0.326 e. The lowest BCUT2D eigenvalue weighted by Crippen LogP contribution is -2.22. The average molecular weight is 665 g/mol. The van der Waals surface area contributed by atoms with Gasteiger partial charge in [-0.3, -0.25) is 23.7 Å². The van der Waals surface area contributed by atoms with Crippen molar-refractivity contribution in [1.29, 1.82) is 0 Å². The predicted molar refractivity (Wildman–Crippen MR) is 189 cm³/mol. The number of aldehydes is 1. The maximum absolute atomic E-state index is 11.9. The zero-order valence-electron chi connectivity index (χ0n) is 27.9. The van der Waals surface area contributed by atoms with Crippen LogP contribution in [0.25, 0.3) is 39.9 Å². The second-order valence-corrected chi connectivity index (χ2v) is 13.5. The molecule has 250 valence electrons. The lowest BCUT2D eigenvalue weighted by molar-refractivity contribution is -0.115. The molecule has 3 fully saturated rings. The summed E-state index contributed by atoms with van der Waals surface area (Å²) < 4.78 is 3.82. The van der Waals surface area contributed by atoms with Gasteiger partial charge in [0.1, 0.15) is 11.4 Å². The van der Waals surface area contributed by atoms with Crippen molar-refractivity contribution in [2.45, 2.75) is 52.4 Å². The molecule has 0 bridgehead atoms. The highest BCUT2D eigenvalue weighted by Crippen LogP contribution is 2.35. The quantitative estimate of drug-likeness (QED) is 0.111. The second-order valence-electron chi connectivity index (χ2n) is 13.5. The molecular formula is C39H36N8O3.